The van der Waals surface area contributed by atoms with E-state index in [0.717, 1.165) is 38.0 Å². The van der Waals surface area contributed by atoms with E-state index in [1.54, 1.807) is 0 Å². The quantitative estimate of drug-likeness (QED) is 0.0410. The normalized spacial score (nSPS) is 12.4. The van der Waals surface area contributed by atoms with Crippen molar-refractivity contribution in [3.05, 3.63) is 0 Å². The van der Waals surface area contributed by atoms with Crippen molar-refractivity contribution in [2.24, 2.45) is 0 Å². The van der Waals surface area contributed by atoms with Gasteiger partial charge in [-0.15, -0.1) is 0 Å². The zero-order valence-electron chi connectivity index (χ0n) is 29.9. The van der Waals surface area contributed by atoms with Crippen molar-refractivity contribution in [3.63, 3.8) is 0 Å². The van der Waals surface area contributed by atoms with Crippen LogP contribution >= 0.6 is 20.6 Å². The van der Waals surface area contributed by atoms with Gasteiger partial charge in [0.1, 0.15) is 0 Å². The van der Waals surface area contributed by atoms with Crippen LogP contribution in [0.3, 0.4) is 0 Å². The first-order chi connectivity index (χ1) is 21.2. The van der Waals surface area contributed by atoms with Crippen LogP contribution < -0.4 is 0 Å². The molecule has 0 spiro atoms. The van der Waals surface area contributed by atoms with Gasteiger partial charge in [0.15, 0.2) is 0 Å². The Morgan fingerprint density at radius 2 is 0.581 bits per heavy atom. The SMILES string of the molecule is CCCCCCCCCCCCO[PH](CCCCCCCCCCCC)(OCCS)OCCCCCCCCCCCC. The maximum absolute atomic E-state index is 6.64. The van der Waals surface area contributed by atoms with Crippen molar-refractivity contribution in [3.8, 4) is 0 Å². The van der Waals surface area contributed by atoms with Crippen molar-refractivity contribution < 1.29 is 13.6 Å². The second kappa shape index (κ2) is 37.1. The van der Waals surface area contributed by atoms with E-state index in [2.05, 4.69) is 33.4 Å². The van der Waals surface area contributed by atoms with Crippen LogP contribution in [0.15, 0.2) is 0 Å². The Morgan fingerprint density at radius 3 is 0.884 bits per heavy atom. The molecule has 0 atom stereocenters. The molecule has 0 N–H and O–H groups in total. The molecule has 0 rings (SSSR count). The van der Waals surface area contributed by atoms with Gasteiger partial charge in [0, 0.05) is 0 Å². The first-order valence-electron chi connectivity index (χ1n) is 19.8. The molecule has 0 aliphatic rings. The van der Waals surface area contributed by atoms with Crippen LogP contribution in [0.4, 0.5) is 0 Å². The smallest absolute Gasteiger partial charge is 0.0654 e. The van der Waals surface area contributed by atoms with Crippen LogP contribution in [-0.4, -0.2) is 31.7 Å². The van der Waals surface area contributed by atoms with Gasteiger partial charge in [0.05, 0.1) is 0 Å². The minimum Gasteiger partial charge on any atom is -0.0654 e. The molecule has 43 heavy (non-hydrogen) atoms. The summed E-state index contributed by atoms with van der Waals surface area (Å²) in [7, 11) is -2.64. The van der Waals surface area contributed by atoms with E-state index in [0.29, 0.717) is 6.61 Å². The Bertz CT molecular complexity index is 482. The summed E-state index contributed by atoms with van der Waals surface area (Å²) in [5, 5.41) is 0. The minimum atomic E-state index is -2.64. The Labute approximate surface area is 278 Å². The Kier molecular flexibility index (Phi) is 37.7. The van der Waals surface area contributed by atoms with E-state index in [-0.39, 0.29) is 0 Å². The number of thiol groups is 1. The molecule has 0 aromatic carbocycles. The molecule has 0 aliphatic carbocycles. The zero-order chi connectivity index (χ0) is 31.4. The fourth-order valence-electron chi connectivity index (χ4n) is 6.01. The van der Waals surface area contributed by atoms with E-state index >= 15 is 0 Å². The van der Waals surface area contributed by atoms with Crippen molar-refractivity contribution >= 4 is 20.6 Å². The molecule has 0 bridgehead atoms. The van der Waals surface area contributed by atoms with E-state index in [9.17, 15) is 0 Å². The van der Waals surface area contributed by atoms with Crippen LogP contribution in [0, 0.1) is 0 Å². The van der Waals surface area contributed by atoms with Gasteiger partial charge in [-0.3, -0.25) is 0 Å². The van der Waals surface area contributed by atoms with Gasteiger partial charge in [-0.25, -0.2) is 0 Å². The number of rotatable bonds is 38. The molecule has 0 aromatic heterocycles. The number of hydrogen-bond acceptors (Lipinski definition) is 4. The monoisotopic (exact) mass is 649 g/mol. The average Bonchev–Trinajstić information content (AvgIpc) is 3.02. The van der Waals surface area contributed by atoms with Gasteiger partial charge < -0.3 is 0 Å². The molecule has 0 amide bonds. The molecule has 0 heterocycles. The minimum absolute atomic E-state index is 0.642. The van der Waals surface area contributed by atoms with Crippen LogP contribution in [0.1, 0.15) is 213 Å². The summed E-state index contributed by atoms with van der Waals surface area (Å²) in [4.78, 5) is 0. The molecule has 0 saturated heterocycles. The zero-order valence-corrected chi connectivity index (χ0v) is 31.8. The fourth-order valence-corrected chi connectivity index (χ4v) is 8.96. The van der Waals surface area contributed by atoms with Gasteiger partial charge in [-0.1, -0.05) is 13.8 Å². The number of hydrogen-bond donors (Lipinski definition) is 1. The summed E-state index contributed by atoms with van der Waals surface area (Å²) in [6, 6.07) is 0. The molecule has 0 unspecified atom stereocenters. The van der Waals surface area contributed by atoms with E-state index < -0.39 is 7.94 Å². The van der Waals surface area contributed by atoms with Crippen LogP contribution in [0.2, 0.25) is 0 Å². The Hall–Kier alpha value is 0.660. The van der Waals surface area contributed by atoms with Crippen molar-refractivity contribution in [2.45, 2.75) is 213 Å². The predicted octanol–water partition coefficient (Wildman–Crippen LogP) is 14.2. The van der Waals surface area contributed by atoms with E-state index in [1.807, 2.05) is 0 Å². The summed E-state index contributed by atoms with van der Waals surface area (Å²) < 4.78 is 19.7. The van der Waals surface area contributed by atoms with Crippen LogP contribution in [-0.2, 0) is 13.6 Å². The van der Waals surface area contributed by atoms with Gasteiger partial charge in [0.25, 0.3) is 0 Å². The molecule has 0 aliphatic heterocycles. The van der Waals surface area contributed by atoms with Crippen LogP contribution in [0.5, 0.6) is 0 Å². The second-order valence-electron chi connectivity index (χ2n) is 13.2. The summed E-state index contributed by atoms with van der Waals surface area (Å²) >= 11 is 4.46. The summed E-state index contributed by atoms with van der Waals surface area (Å²) in [5.74, 6) is 0.732. The van der Waals surface area contributed by atoms with Crippen LogP contribution in [0.25, 0.3) is 0 Å². The van der Waals surface area contributed by atoms with Gasteiger partial charge in [0.2, 0.25) is 0 Å². The Balaban J connectivity index is 4.46. The molecule has 0 fully saturated rings. The molecule has 5 heteroatoms. The average molecular weight is 649 g/mol. The van der Waals surface area contributed by atoms with Gasteiger partial charge in [-0.05, 0) is 0 Å². The van der Waals surface area contributed by atoms with E-state index in [1.165, 1.54) is 180 Å². The Morgan fingerprint density at radius 1 is 0.326 bits per heavy atom. The predicted molar refractivity (Wildman–Crippen MR) is 200 cm³/mol. The molecular weight excluding hydrogens is 567 g/mol. The fraction of sp³-hybridized carbons (Fsp3) is 1.00. The number of unbranched alkanes of at least 4 members (excludes halogenated alkanes) is 27. The third-order valence-electron chi connectivity index (χ3n) is 8.89. The standard InChI is InChI=1S/C38H81O3PS/c1-4-7-10-13-16-19-22-25-28-31-34-39-42(41-36-38-43,37-33-30-27-24-21-18-15-12-9-6-3)40-35-32-29-26-23-20-17-14-11-8-5-2/h42-43H,4-38H2,1-3H3. The molecule has 0 saturated carbocycles. The van der Waals surface area contributed by atoms with Gasteiger partial charge >= 0.3 is 265 Å². The topological polar surface area (TPSA) is 27.7 Å². The summed E-state index contributed by atoms with van der Waals surface area (Å²) in [6.45, 7) is 9.12. The van der Waals surface area contributed by atoms with Crippen molar-refractivity contribution in [2.75, 3.05) is 31.7 Å². The molecule has 0 radical (unpaired) electrons. The third kappa shape index (κ3) is 32.4. The third-order valence-corrected chi connectivity index (χ3v) is 12.0. The summed E-state index contributed by atoms with van der Waals surface area (Å²) in [6.07, 6.45) is 41.5. The van der Waals surface area contributed by atoms with Crippen molar-refractivity contribution in [1.82, 2.24) is 0 Å². The molecular formula is C38H81O3PS. The first-order valence-corrected chi connectivity index (χ1v) is 22.3. The molecule has 262 valence electrons. The first kappa shape index (κ1) is 43.7. The second-order valence-corrected chi connectivity index (χ2v) is 16.4. The summed E-state index contributed by atoms with van der Waals surface area (Å²) in [5.41, 5.74) is 0. The molecule has 3 nitrogen and oxygen atoms in total. The van der Waals surface area contributed by atoms with Gasteiger partial charge in [-0.2, -0.15) is 0 Å². The molecule has 0 aromatic rings. The van der Waals surface area contributed by atoms with E-state index in [4.69, 9.17) is 13.6 Å². The van der Waals surface area contributed by atoms with Crippen molar-refractivity contribution in [1.29, 1.82) is 0 Å². The maximum atomic E-state index is 6.64.